The summed E-state index contributed by atoms with van der Waals surface area (Å²) in [5.41, 5.74) is 4.33. The molecule has 1 amide bonds. The molecule has 2 aromatic heterocycles. The highest BCUT2D eigenvalue weighted by Crippen LogP contribution is 2.32. The number of pyridine rings is 2. The Labute approximate surface area is 195 Å². The smallest absolute Gasteiger partial charge is 0.259 e. The van der Waals surface area contributed by atoms with Crippen LogP contribution in [0.1, 0.15) is 50.4 Å². The van der Waals surface area contributed by atoms with E-state index in [-0.39, 0.29) is 22.9 Å². The molecule has 1 unspecified atom stereocenters. The Bertz CT molecular complexity index is 1160. The van der Waals surface area contributed by atoms with Crippen molar-refractivity contribution in [2.24, 2.45) is 0 Å². The average Bonchev–Trinajstić information content (AvgIpc) is 3.21. The number of hydrogen-bond acceptors (Lipinski definition) is 5. The van der Waals surface area contributed by atoms with Gasteiger partial charge in [-0.2, -0.15) is 0 Å². The highest BCUT2D eigenvalue weighted by molar-refractivity contribution is 5.97. The number of allylic oxidation sites excluding steroid dienone is 2. The first-order valence-corrected chi connectivity index (χ1v) is 12.1. The van der Waals surface area contributed by atoms with Crippen molar-refractivity contribution in [3.63, 3.8) is 0 Å². The van der Waals surface area contributed by atoms with Crippen LogP contribution in [0.3, 0.4) is 0 Å². The number of piperazine rings is 1. The fourth-order valence-corrected chi connectivity index (χ4v) is 4.93. The van der Waals surface area contributed by atoms with E-state index in [1.807, 2.05) is 31.5 Å². The summed E-state index contributed by atoms with van der Waals surface area (Å²) in [6.45, 7) is 9.81. The molecule has 1 N–H and O–H groups in total. The maximum atomic E-state index is 13.4. The van der Waals surface area contributed by atoms with Crippen LogP contribution in [0.2, 0.25) is 0 Å². The number of aryl methyl sites for hydroxylation is 1. The van der Waals surface area contributed by atoms with Crippen LogP contribution in [0.5, 0.6) is 0 Å². The minimum atomic E-state index is -0.233. The van der Waals surface area contributed by atoms with E-state index in [2.05, 4.69) is 34.3 Å². The van der Waals surface area contributed by atoms with Crippen LogP contribution in [0.25, 0.3) is 11.0 Å². The van der Waals surface area contributed by atoms with E-state index in [0.29, 0.717) is 30.7 Å². The number of likely N-dealkylation sites (N-methyl/N-ethyl adjacent to an activating group) is 1. The van der Waals surface area contributed by atoms with E-state index >= 15 is 0 Å². The Balaban J connectivity index is 1.63. The largest absolute Gasteiger partial charge is 0.380 e. The molecule has 0 radical (unpaired) electrons. The van der Waals surface area contributed by atoms with Crippen molar-refractivity contribution in [2.75, 3.05) is 38.5 Å². The molecule has 0 bridgehead atoms. The fourth-order valence-electron chi connectivity index (χ4n) is 4.93. The Hall–Kier alpha value is -2.93. The van der Waals surface area contributed by atoms with Gasteiger partial charge in [0.2, 0.25) is 5.43 Å². The van der Waals surface area contributed by atoms with Gasteiger partial charge in [-0.05, 0) is 51.8 Å². The molecule has 0 aromatic carbocycles. The average molecular weight is 450 g/mol. The number of carbonyl (C=O) groups is 1. The zero-order valence-corrected chi connectivity index (χ0v) is 20.2. The van der Waals surface area contributed by atoms with Crippen molar-refractivity contribution in [3.8, 4) is 0 Å². The quantitative estimate of drug-likeness (QED) is 0.729. The van der Waals surface area contributed by atoms with E-state index in [9.17, 15) is 9.59 Å². The van der Waals surface area contributed by atoms with Crippen LogP contribution in [-0.2, 0) is 6.54 Å². The van der Waals surface area contributed by atoms with E-state index in [0.717, 1.165) is 38.0 Å². The second-order valence-corrected chi connectivity index (χ2v) is 9.08. The molecular formula is C26H35N5O2. The van der Waals surface area contributed by atoms with Crippen LogP contribution < -0.4 is 10.7 Å². The minimum Gasteiger partial charge on any atom is -0.380 e. The minimum absolute atomic E-state index is 0.181. The number of anilines is 1. The maximum absolute atomic E-state index is 13.4. The molecule has 1 aliphatic heterocycles. The van der Waals surface area contributed by atoms with Gasteiger partial charge in [-0.1, -0.05) is 24.6 Å². The first-order valence-electron chi connectivity index (χ1n) is 12.1. The number of rotatable bonds is 6. The van der Waals surface area contributed by atoms with E-state index in [1.54, 1.807) is 17.3 Å². The lowest BCUT2D eigenvalue weighted by atomic mass is 10.1. The van der Waals surface area contributed by atoms with Crippen LogP contribution in [-0.4, -0.2) is 64.5 Å². The molecule has 0 spiro atoms. The molecule has 3 heterocycles. The van der Waals surface area contributed by atoms with Crippen LogP contribution in [0.15, 0.2) is 46.6 Å². The number of hydrogen-bond donors (Lipinski definition) is 1. The lowest BCUT2D eigenvalue weighted by Crippen LogP contribution is -2.48. The topological polar surface area (TPSA) is 70.5 Å². The SMILES string of the molecule is CC=CC1=C(CC)CC(Nc2cnc3c(c2)c(=O)c(C(=O)N2CCN(C)CC2)cn3CC)C1. The number of fused-ring (bicyclic) bond motifs is 1. The molecule has 1 saturated heterocycles. The van der Waals surface area contributed by atoms with Gasteiger partial charge in [0.1, 0.15) is 11.2 Å². The summed E-state index contributed by atoms with van der Waals surface area (Å²) in [5, 5.41) is 4.08. The predicted molar refractivity (Wildman–Crippen MR) is 134 cm³/mol. The molecule has 176 valence electrons. The maximum Gasteiger partial charge on any atom is 0.259 e. The highest BCUT2D eigenvalue weighted by atomic mass is 16.2. The molecule has 2 aliphatic rings. The molecule has 1 fully saturated rings. The summed E-state index contributed by atoms with van der Waals surface area (Å²) in [7, 11) is 2.05. The molecule has 1 atom stereocenters. The number of amides is 1. The Morgan fingerprint density at radius 2 is 1.97 bits per heavy atom. The molecule has 0 saturated carbocycles. The van der Waals surface area contributed by atoms with Gasteiger partial charge in [0.05, 0.1) is 17.3 Å². The van der Waals surface area contributed by atoms with Crippen molar-refractivity contribution >= 4 is 22.6 Å². The van der Waals surface area contributed by atoms with Gasteiger partial charge in [-0.25, -0.2) is 4.98 Å². The summed E-state index contributed by atoms with van der Waals surface area (Å²) in [5.74, 6) is -0.181. The van der Waals surface area contributed by atoms with Crippen molar-refractivity contribution < 1.29 is 4.79 Å². The van der Waals surface area contributed by atoms with Crippen LogP contribution in [0.4, 0.5) is 5.69 Å². The Morgan fingerprint density at radius 3 is 2.64 bits per heavy atom. The van der Waals surface area contributed by atoms with Gasteiger partial charge in [0.25, 0.3) is 5.91 Å². The van der Waals surface area contributed by atoms with Crippen molar-refractivity contribution in [2.45, 2.75) is 52.6 Å². The first-order chi connectivity index (χ1) is 15.9. The molecule has 2 aromatic rings. The summed E-state index contributed by atoms with van der Waals surface area (Å²) in [6, 6.07) is 2.16. The van der Waals surface area contributed by atoms with Gasteiger partial charge >= 0.3 is 0 Å². The van der Waals surface area contributed by atoms with Crippen LogP contribution >= 0.6 is 0 Å². The molecule has 33 heavy (non-hydrogen) atoms. The van der Waals surface area contributed by atoms with E-state index in [1.165, 1.54) is 11.1 Å². The third-order valence-corrected chi connectivity index (χ3v) is 6.85. The van der Waals surface area contributed by atoms with Gasteiger partial charge < -0.3 is 19.7 Å². The van der Waals surface area contributed by atoms with Gasteiger partial charge in [-0.3, -0.25) is 9.59 Å². The second kappa shape index (κ2) is 9.91. The van der Waals surface area contributed by atoms with E-state index < -0.39 is 0 Å². The van der Waals surface area contributed by atoms with Gasteiger partial charge in [0.15, 0.2) is 0 Å². The monoisotopic (exact) mass is 449 g/mol. The summed E-state index contributed by atoms with van der Waals surface area (Å²) < 4.78 is 1.90. The number of nitrogens with zero attached hydrogens (tertiary/aromatic N) is 4. The summed E-state index contributed by atoms with van der Waals surface area (Å²) in [4.78, 5) is 35.2. The molecule has 7 nitrogen and oxygen atoms in total. The summed E-state index contributed by atoms with van der Waals surface area (Å²) >= 11 is 0. The molecule has 1 aliphatic carbocycles. The Morgan fingerprint density at radius 1 is 1.21 bits per heavy atom. The number of nitrogens with one attached hydrogen (secondary N) is 1. The molecule has 4 rings (SSSR count). The van der Waals surface area contributed by atoms with Crippen molar-refractivity contribution in [3.05, 3.63) is 57.5 Å². The summed E-state index contributed by atoms with van der Waals surface area (Å²) in [6.07, 6.45) is 10.8. The zero-order chi connectivity index (χ0) is 23.5. The molecular weight excluding hydrogens is 414 g/mol. The third-order valence-electron chi connectivity index (χ3n) is 6.85. The van der Waals surface area contributed by atoms with Crippen molar-refractivity contribution in [1.29, 1.82) is 0 Å². The number of aromatic nitrogens is 2. The predicted octanol–water partition coefficient (Wildman–Crippen LogP) is 3.66. The van der Waals surface area contributed by atoms with Gasteiger partial charge in [0, 0.05) is 45.0 Å². The van der Waals surface area contributed by atoms with Crippen molar-refractivity contribution in [1.82, 2.24) is 19.4 Å². The Kier molecular flexibility index (Phi) is 6.98. The lowest BCUT2D eigenvalue weighted by Gasteiger charge is -2.32. The lowest BCUT2D eigenvalue weighted by molar-refractivity contribution is 0.0662. The highest BCUT2D eigenvalue weighted by Gasteiger charge is 2.25. The normalized spacial score (nSPS) is 19.8. The zero-order valence-electron chi connectivity index (χ0n) is 20.2. The standard InChI is InChI=1S/C26H35N5O2/c1-5-8-19-14-20(13-18(19)6-2)28-21-15-22-24(32)23(17-30(7-3)25(22)27-16-21)26(33)31-11-9-29(4)10-12-31/h5,8,15-17,20,28H,6-7,9-14H2,1-4H3. The van der Waals surface area contributed by atoms with Crippen LogP contribution in [0, 0.1) is 0 Å². The number of carbonyl (C=O) groups excluding carboxylic acids is 1. The van der Waals surface area contributed by atoms with Gasteiger partial charge in [-0.15, -0.1) is 0 Å². The third kappa shape index (κ3) is 4.74. The first kappa shape index (κ1) is 23.2. The van der Waals surface area contributed by atoms with E-state index in [4.69, 9.17) is 0 Å². The second-order valence-electron chi connectivity index (χ2n) is 9.08. The fraction of sp³-hybridized carbons (Fsp3) is 0.500. The molecule has 7 heteroatoms.